The zero-order valence-electron chi connectivity index (χ0n) is 17.3. The first-order chi connectivity index (χ1) is 13.9. The predicted molar refractivity (Wildman–Crippen MR) is 114 cm³/mol. The summed E-state index contributed by atoms with van der Waals surface area (Å²) in [5.41, 5.74) is 1.97. The third-order valence-corrected chi connectivity index (χ3v) is 5.91. The fourth-order valence-electron chi connectivity index (χ4n) is 3.57. The van der Waals surface area contributed by atoms with Crippen LogP contribution in [0, 0.1) is 0 Å². The molecule has 30 heavy (non-hydrogen) atoms. The lowest BCUT2D eigenvalue weighted by molar-refractivity contribution is 0.365. The maximum absolute atomic E-state index is 9.86. The van der Waals surface area contributed by atoms with Gasteiger partial charge >= 0.3 is 0 Å². The summed E-state index contributed by atoms with van der Waals surface area (Å²) in [7, 11) is 0. The molecule has 0 unspecified atom stereocenters. The van der Waals surface area contributed by atoms with Crippen LogP contribution in [0.25, 0.3) is 0 Å². The van der Waals surface area contributed by atoms with Crippen molar-refractivity contribution in [3.05, 3.63) is 70.8 Å². The highest BCUT2D eigenvalue weighted by molar-refractivity contribution is 5.56. The Morgan fingerprint density at radius 1 is 0.433 bits per heavy atom. The highest BCUT2D eigenvalue weighted by atomic mass is 16.3. The lowest BCUT2D eigenvalue weighted by atomic mass is 9.74. The first-order valence-electron chi connectivity index (χ1n) is 9.47. The maximum atomic E-state index is 9.86. The summed E-state index contributed by atoms with van der Waals surface area (Å²) in [4.78, 5) is 0. The van der Waals surface area contributed by atoms with Crippen molar-refractivity contribution in [2.24, 2.45) is 0 Å². The van der Waals surface area contributed by atoms with Crippen molar-refractivity contribution in [1.82, 2.24) is 0 Å². The van der Waals surface area contributed by atoms with Crippen molar-refractivity contribution in [1.29, 1.82) is 0 Å². The molecule has 0 bridgehead atoms. The Morgan fingerprint density at radius 2 is 0.667 bits per heavy atom. The summed E-state index contributed by atoms with van der Waals surface area (Å²) >= 11 is 0. The third kappa shape index (κ3) is 3.45. The van der Waals surface area contributed by atoms with Gasteiger partial charge in [-0.2, -0.15) is 0 Å². The summed E-state index contributed by atoms with van der Waals surface area (Å²) in [5, 5.41) is 58.7. The average molecular weight is 410 g/mol. The van der Waals surface area contributed by atoms with Crippen molar-refractivity contribution in [3.63, 3.8) is 0 Å². The second-order valence-corrected chi connectivity index (χ2v) is 8.55. The van der Waals surface area contributed by atoms with Crippen LogP contribution < -0.4 is 0 Å². The molecule has 6 nitrogen and oxygen atoms in total. The van der Waals surface area contributed by atoms with Gasteiger partial charge in [0.25, 0.3) is 0 Å². The monoisotopic (exact) mass is 410 g/mol. The molecule has 0 heterocycles. The number of hydrogen-bond acceptors (Lipinski definition) is 6. The van der Waals surface area contributed by atoms with E-state index in [-0.39, 0.29) is 23.0 Å². The number of phenols is 6. The van der Waals surface area contributed by atoms with E-state index in [0.29, 0.717) is 11.1 Å². The zero-order valence-corrected chi connectivity index (χ0v) is 17.3. The van der Waals surface area contributed by atoms with Crippen molar-refractivity contribution in [2.45, 2.75) is 38.5 Å². The Balaban J connectivity index is 1.99. The summed E-state index contributed by atoms with van der Waals surface area (Å²) in [6, 6.07) is 13.4. The van der Waals surface area contributed by atoms with E-state index in [1.54, 1.807) is 0 Å². The highest BCUT2D eigenvalue weighted by Gasteiger charge is 2.29. The molecule has 0 amide bonds. The molecule has 0 saturated carbocycles. The number of hydrogen-bond donors (Lipinski definition) is 6. The Kier molecular flexibility index (Phi) is 4.98. The van der Waals surface area contributed by atoms with Gasteiger partial charge in [0.05, 0.1) is 0 Å². The van der Waals surface area contributed by atoms with Crippen LogP contribution in [-0.4, -0.2) is 30.6 Å². The van der Waals surface area contributed by atoms with Crippen molar-refractivity contribution < 1.29 is 30.6 Å². The fraction of sp³-hybridized carbons (Fsp3) is 0.250. The number of benzene rings is 3. The molecular weight excluding hydrogens is 384 g/mol. The third-order valence-electron chi connectivity index (χ3n) is 5.91. The van der Waals surface area contributed by atoms with E-state index < -0.39 is 22.3 Å². The summed E-state index contributed by atoms with van der Waals surface area (Å²) in [6.45, 7) is 7.76. The van der Waals surface area contributed by atoms with Gasteiger partial charge in [0.1, 0.15) is 0 Å². The Labute approximate surface area is 175 Å². The van der Waals surface area contributed by atoms with E-state index >= 15 is 0 Å². The first-order valence-corrected chi connectivity index (χ1v) is 9.47. The molecule has 3 rings (SSSR count). The Morgan fingerprint density at radius 3 is 0.900 bits per heavy atom. The molecule has 0 aromatic heterocycles. The van der Waals surface area contributed by atoms with Crippen molar-refractivity contribution in [2.75, 3.05) is 0 Å². The van der Waals surface area contributed by atoms with Crippen LogP contribution in [0.5, 0.6) is 34.5 Å². The van der Waals surface area contributed by atoms with E-state index in [1.165, 1.54) is 24.3 Å². The molecule has 0 aliphatic heterocycles. The Bertz CT molecular complexity index is 963. The van der Waals surface area contributed by atoms with Gasteiger partial charge in [-0.15, -0.1) is 0 Å². The van der Waals surface area contributed by atoms with Crippen LogP contribution in [0.1, 0.15) is 49.9 Å². The molecule has 0 aliphatic carbocycles. The lowest BCUT2D eigenvalue weighted by Gasteiger charge is -2.30. The van der Waals surface area contributed by atoms with Crippen LogP contribution in [0.2, 0.25) is 0 Å². The quantitative estimate of drug-likeness (QED) is 0.350. The molecule has 0 radical (unpaired) electrons. The smallest absolute Gasteiger partial charge is 0.200 e. The molecule has 6 N–H and O–H groups in total. The first kappa shape index (κ1) is 21.2. The van der Waals surface area contributed by atoms with Crippen LogP contribution in [0.3, 0.4) is 0 Å². The minimum Gasteiger partial charge on any atom is -0.504 e. The molecule has 0 atom stereocenters. The fourth-order valence-corrected chi connectivity index (χ4v) is 3.57. The van der Waals surface area contributed by atoms with Crippen molar-refractivity contribution >= 4 is 0 Å². The van der Waals surface area contributed by atoms with Gasteiger partial charge in [0, 0.05) is 10.8 Å². The van der Waals surface area contributed by atoms with E-state index in [4.69, 9.17) is 0 Å². The van der Waals surface area contributed by atoms with Crippen LogP contribution in [-0.2, 0) is 10.8 Å². The van der Waals surface area contributed by atoms with Gasteiger partial charge in [-0.05, 0) is 46.5 Å². The summed E-state index contributed by atoms with van der Waals surface area (Å²) in [5.74, 6) is -2.64. The predicted octanol–water partition coefficient (Wildman–Crippen LogP) is 4.57. The highest BCUT2D eigenvalue weighted by Crippen LogP contribution is 2.44. The second kappa shape index (κ2) is 7.06. The molecule has 0 aliphatic rings. The van der Waals surface area contributed by atoms with Crippen LogP contribution in [0.15, 0.2) is 48.5 Å². The molecule has 0 spiro atoms. The van der Waals surface area contributed by atoms with Gasteiger partial charge < -0.3 is 30.6 Å². The Hall–Kier alpha value is -3.54. The van der Waals surface area contributed by atoms with E-state index in [2.05, 4.69) is 0 Å². The molecule has 0 saturated heterocycles. The largest absolute Gasteiger partial charge is 0.504 e. The SMILES string of the molecule is CC(C)(c1ccc(C(C)(C)c2cc(O)c(O)c(O)c2)cc1)c1cc(O)c(O)c(O)c1. The molecule has 3 aromatic rings. The van der Waals surface area contributed by atoms with E-state index in [1.807, 2.05) is 52.0 Å². The normalized spacial score (nSPS) is 12.1. The van der Waals surface area contributed by atoms with Crippen molar-refractivity contribution in [3.8, 4) is 34.5 Å². The minimum absolute atomic E-state index is 0.386. The lowest BCUT2D eigenvalue weighted by Crippen LogP contribution is -2.21. The summed E-state index contributed by atoms with van der Waals surface area (Å²) < 4.78 is 0. The van der Waals surface area contributed by atoms with Gasteiger partial charge in [-0.1, -0.05) is 52.0 Å². The zero-order chi connectivity index (χ0) is 22.4. The average Bonchev–Trinajstić information content (AvgIpc) is 2.69. The maximum Gasteiger partial charge on any atom is 0.200 e. The van der Waals surface area contributed by atoms with Crippen LogP contribution >= 0.6 is 0 Å². The van der Waals surface area contributed by atoms with Gasteiger partial charge in [-0.3, -0.25) is 0 Å². The minimum atomic E-state index is -0.569. The summed E-state index contributed by atoms with van der Waals surface area (Å²) in [6.07, 6.45) is 0. The number of rotatable bonds is 4. The van der Waals surface area contributed by atoms with Crippen LogP contribution in [0.4, 0.5) is 0 Å². The molecule has 0 fully saturated rings. The van der Waals surface area contributed by atoms with Gasteiger partial charge in [-0.25, -0.2) is 0 Å². The molecule has 158 valence electrons. The molecule has 3 aromatic carbocycles. The standard InChI is InChI=1S/C24H26O6/c1-23(2,15-9-17(25)21(29)18(26)10-15)13-5-7-14(8-6-13)24(3,4)16-11-19(27)22(30)20(28)12-16/h5-12,25-30H,1-4H3. The van der Waals surface area contributed by atoms with Gasteiger partial charge in [0.15, 0.2) is 34.5 Å². The number of phenolic OH excluding ortho intramolecular Hbond substituents is 6. The van der Waals surface area contributed by atoms with E-state index in [9.17, 15) is 30.6 Å². The topological polar surface area (TPSA) is 121 Å². The van der Waals surface area contributed by atoms with E-state index in [0.717, 1.165) is 11.1 Å². The second-order valence-electron chi connectivity index (χ2n) is 8.55. The number of aromatic hydroxyl groups is 6. The molecule has 6 heteroatoms. The van der Waals surface area contributed by atoms with Gasteiger partial charge in [0.2, 0.25) is 0 Å². The molecular formula is C24H26O6.